The number of likely N-dealkylation sites (N-methyl/N-ethyl adjacent to an activating group) is 1. The lowest BCUT2D eigenvalue weighted by Gasteiger charge is -2.12. The van der Waals surface area contributed by atoms with Gasteiger partial charge in [0.1, 0.15) is 11.5 Å². The number of hydrogen-bond acceptors (Lipinski definition) is 5. The number of pyridine rings is 2. The molecule has 0 spiro atoms. The van der Waals surface area contributed by atoms with Crippen molar-refractivity contribution < 1.29 is 4.39 Å². The summed E-state index contributed by atoms with van der Waals surface area (Å²) in [4.78, 5) is 14.7. The van der Waals surface area contributed by atoms with Crippen LogP contribution in [-0.4, -0.2) is 57.2 Å². The molecule has 0 aliphatic rings. The molecule has 6 rings (SSSR count). The first-order valence-electron chi connectivity index (χ1n) is 12.1. The average Bonchev–Trinajstić information content (AvgIpc) is 3.52. The molecule has 7 nitrogen and oxygen atoms in total. The predicted molar refractivity (Wildman–Crippen MR) is 147 cm³/mol. The molecule has 8 heteroatoms. The highest BCUT2D eigenvalue weighted by Gasteiger charge is 2.16. The summed E-state index contributed by atoms with van der Waals surface area (Å²) in [7, 11) is 4.02. The first-order chi connectivity index (χ1) is 18.0. The first-order valence-corrected chi connectivity index (χ1v) is 12.1. The third-order valence-corrected chi connectivity index (χ3v) is 6.39. The van der Waals surface area contributed by atoms with E-state index in [1.807, 2.05) is 62.6 Å². The van der Waals surface area contributed by atoms with Crippen LogP contribution in [0.5, 0.6) is 0 Å². The van der Waals surface area contributed by atoms with Gasteiger partial charge in [0.05, 0.1) is 22.6 Å². The number of nitrogens with zero attached hydrogens (tertiary/aromatic N) is 4. The zero-order chi connectivity index (χ0) is 25.4. The van der Waals surface area contributed by atoms with Crippen LogP contribution in [0.2, 0.25) is 0 Å². The Kier molecular flexibility index (Phi) is 5.86. The van der Waals surface area contributed by atoms with Gasteiger partial charge in [0.15, 0.2) is 0 Å². The lowest BCUT2D eigenvalue weighted by molar-refractivity contribution is 0.425. The Balaban J connectivity index is 1.41. The summed E-state index contributed by atoms with van der Waals surface area (Å²) in [6, 6.07) is 21.0. The van der Waals surface area contributed by atoms with E-state index in [0.717, 1.165) is 56.7 Å². The van der Waals surface area contributed by atoms with Crippen molar-refractivity contribution in [1.29, 1.82) is 0 Å². The summed E-state index contributed by atoms with van der Waals surface area (Å²) in [5.41, 5.74) is 7.58. The minimum absolute atomic E-state index is 0.306. The first kappa shape index (κ1) is 22.9. The van der Waals surface area contributed by atoms with Gasteiger partial charge < -0.3 is 15.2 Å². The minimum atomic E-state index is -0.306. The number of fused-ring (bicyclic) bond motifs is 2. The fourth-order valence-corrected chi connectivity index (χ4v) is 4.58. The van der Waals surface area contributed by atoms with E-state index in [4.69, 9.17) is 0 Å². The summed E-state index contributed by atoms with van der Waals surface area (Å²) in [5, 5.41) is 12.9. The molecule has 4 heterocycles. The molecule has 0 unspecified atom stereocenters. The Labute approximate surface area is 213 Å². The number of rotatable bonds is 7. The molecular formula is C29H26FN7. The summed E-state index contributed by atoms with van der Waals surface area (Å²) in [6.07, 6.45) is 3.53. The molecule has 0 bridgehead atoms. The quantitative estimate of drug-likeness (QED) is 0.257. The minimum Gasteiger partial charge on any atom is -0.384 e. The van der Waals surface area contributed by atoms with E-state index in [0.29, 0.717) is 17.8 Å². The monoisotopic (exact) mass is 491 g/mol. The van der Waals surface area contributed by atoms with Gasteiger partial charge in [0, 0.05) is 58.6 Å². The van der Waals surface area contributed by atoms with E-state index in [-0.39, 0.29) is 5.82 Å². The van der Waals surface area contributed by atoms with Gasteiger partial charge in [0.25, 0.3) is 0 Å². The second kappa shape index (κ2) is 9.48. The van der Waals surface area contributed by atoms with Crippen molar-refractivity contribution in [2.24, 2.45) is 0 Å². The summed E-state index contributed by atoms with van der Waals surface area (Å²) >= 11 is 0. The number of nitrogens with one attached hydrogen (secondary N) is 3. The van der Waals surface area contributed by atoms with Crippen LogP contribution in [-0.2, 0) is 0 Å². The Hall–Kier alpha value is -4.56. The summed E-state index contributed by atoms with van der Waals surface area (Å²) in [6.45, 7) is 1.56. The number of aromatic amines is 2. The number of hydrogen-bond donors (Lipinski definition) is 3. The van der Waals surface area contributed by atoms with Crippen molar-refractivity contribution in [2.45, 2.75) is 0 Å². The molecule has 6 aromatic rings. The normalized spacial score (nSPS) is 11.6. The lowest BCUT2D eigenvalue weighted by atomic mass is 10.0. The summed E-state index contributed by atoms with van der Waals surface area (Å²) in [5.74, 6) is -0.306. The van der Waals surface area contributed by atoms with Gasteiger partial charge in [0.2, 0.25) is 0 Å². The SMILES string of the molecule is CN(C)CCNc1cc(F)cc(-c2nccc3[nH]c(-c4n[nH]c5ccc(-c6ccccn6)cc45)cc23)c1. The second-order valence-corrected chi connectivity index (χ2v) is 9.31. The van der Waals surface area contributed by atoms with Crippen LogP contribution in [0.1, 0.15) is 0 Å². The van der Waals surface area contributed by atoms with Crippen LogP contribution in [0.15, 0.2) is 79.1 Å². The smallest absolute Gasteiger partial charge is 0.125 e. The zero-order valence-electron chi connectivity index (χ0n) is 20.6. The van der Waals surface area contributed by atoms with Crippen molar-refractivity contribution in [3.8, 4) is 33.9 Å². The van der Waals surface area contributed by atoms with E-state index in [2.05, 4.69) is 41.4 Å². The van der Waals surface area contributed by atoms with Crippen molar-refractivity contribution in [3.63, 3.8) is 0 Å². The molecule has 4 aromatic heterocycles. The van der Waals surface area contributed by atoms with Crippen molar-refractivity contribution >= 4 is 27.5 Å². The van der Waals surface area contributed by atoms with Gasteiger partial charge in [-0.2, -0.15) is 5.10 Å². The van der Waals surface area contributed by atoms with Gasteiger partial charge >= 0.3 is 0 Å². The molecule has 37 heavy (non-hydrogen) atoms. The van der Waals surface area contributed by atoms with Gasteiger partial charge in [-0.15, -0.1) is 0 Å². The average molecular weight is 492 g/mol. The van der Waals surface area contributed by atoms with Crippen LogP contribution in [0.4, 0.5) is 10.1 Å². The topological polar surface area (TPSA) is 85.5 Å². The van der Waals surface area contributed by atoms with E-state index in [1.54, 1.807) is 12.4 Å². The Morgan fingerprint density at radius 3 is 2.57 bits per heavy atom. The summed E-state index contributed by atoms with van der Waals surface area (Å²) < 4.78 is 14.6. The number of anilines is 1. The molecule has 0 aliphatic heterocycles. The highest BCUT2D eigenvalue weighted by atomic mass is 19.1. The van der Waals surface area contributed by atoms with E-state index >= 15 is 0 Å². The molecule has 0 saturated carbocycles. The van der Waals surface area contributed by atoms with Gasteiger partial charge in [-0.1, -0.05) is 12.1 Å². The Bertz CT molecular complexity index is 1700. The lowest BCUT2D eigenvalue weighted by Crippen LogP contribution is -2.20. The maximum atomic E-state index is 14.6. The molecule has 184 valence electrons. The van der Waals surface area contributed by atoms with Crippen molar-refractivity contribution in [1.82, 2.24) is 30.0 Å². The van der Waals surface area contributed by atoms with Gasteiger partial charge in [-0.05, 0) is 68.7 Å². The molecule has 3 N–H and O–H groups in total. The van der Waals surface area contributed by atoms with Crippen LogP contribution in [0.3, 0.4) is 0 Å². The fraction of sp³-hybridized carbons (Fsp3) is 0.138. The number of aromatic nitrogens is 5. The molecule has 0 aliphatic carbocycles. The molecular weight excluding hydrogens is 465 g/mol. The molecule has 0 amide bonds. The standard InChI is InChI=1S/C29H26FN7/c1-37(2)12-11-31-21-14-19(13-20(30)16-21)28-23-17-27(34-25(23)8-10-33-28)29-22-15-18(6-7-26(22)35-36-29)24-5-3-4-9-32-24/h3-10,13-17,31,34H,11-12H2,1-2H3,(H,35,36). The molecule has 0 atom stereocenters. The van der Waals surface area contributed by atoms with Crippen molar-refractivity contribution in [2.75, 3.05) is 32.5 Å². The molecule has 2 aromatic carbocycles. The maximum Gasteiger partial charge on any atom is 0.125 e. The fourth-order valence-electron chi connectivity index (χ4n) is 4.58. The second-order valence-electron chi connectivity index (χ2n) is 9.31. The number of halogens is 1. The third kappa shape index (κ3) is 4.54. The molecule has 0 radical (unpaired) electrons. The van der Waals surface area contributed by atoms with E-state index in [9.17, 15) is 4.39 Å². The van der Waals surface area contributed by atoms with Crippen LogP contribution >= 0.6 is 0 Å². The van der Waals surface area contributed by atoms with Crippen LogP contribution in [0, 0.1) is 5.82 Å². The van der Waals surface area contributed by atoms with Crippen molar-refractivity contribution in [3.05, 3.63) is 84.9 Å². The molecule has 0 fully saturated rings. The van der Waals surface area contributed by atoms with Gasteiger partial charge in [-0.3, -0.25) is 15.1 Å². The van der Waals surface area contributed by atoms with Gasteiger partial charge in [-0.25, -0.2) is 4.39 Å². The third-order valence-electron chi connectivity index (χ3n) is 6.39. The largest absolute Gasteiger partial charge is 0.384 e. The predicted octanol–water partition coefficient (Wildman–Crippen LogP) is 5.95. The number of H-pyrrole nitrogens is 2. The highest BCUT2D eigenvalue weighted by Crippen LogP contribution is 2.35. The Morgan fingerprint density at radius 1 is 0.838 bits per heavy atom. The zero-order valence-corrected chi connectivity index (χ0v) is 20.6. The molecule has 0 saturated heterocycles. The van der Waals surface area contributed by atoms with E-state index in [1.165, 1.54) is 12.1 Å². The highest BCUT2D eigenvalue weighted by molar-refractivity contribution is 6.01. The van der Waals surface area contributed by atoms with Crippen LogP contribution < -0.4 is 5.32 Å². The number of benzene rings is 2. The van der Waals surface area contributed by atoms with E-state index < -0.39 is 0 Å². The van der Waals surface area contributed by atoms with Crippen LogP contribution in [0.25, 0.3) is 55.7 Å². The Morgan fingerprint density at radius 2 is 1.73 bits per heavy atom. The maximum absolute atomic E-state index is 14.6.